The summed E-state index contributed by atoms with van der Waals surface area (Å²) < 4.78 is 1.84. The van der Waals surface area contributed by atoms with Gasteiger partial charge in [-0.3, -0.25) is 4.79 Å². The van der Waals surface area contributed by atoms with Gasteiger partial charge in [-0.05, 0) is 50.2 Å². The molecule has 1 atom stereocenters. The van der Waals surface area contributed by atoms with E-state index >= 15 is 0 Å². The maximum atomic E-state index is 11.5. The second-order valence-electron chi connectivity index (χ2n) is 6.86. The van der Waals surface area contributed by atoms with Gasteiger partial charge in [0.1, 0.15) is 6.04 Å². The third-order valence-electron chi connectivity index (χ3n) is 4.29. The van der Waals surface area contributed by atoms with Crippen molar-refractivity contribution in [2.24, 2.45) is 5.92 Å². The van der Waals surface area contributed by atoms with E-state index in [2.05, 4.69) is 5.32 Å². The summed E-state index contributed by atoms with van der Waals surface area (Å²) in [6, 6.07) is 9.34. The van der Waals surface area contributed by atoms with E-state index in [-0.39, 0.29) is 0 Å². The third kappa shape index (κ3) is 4.52. The minimum atomic E-state index is -0.816. The maximum Gasteiger partial charge on any atom is 0.320 e. The number of carbonyl (C=O) groups is 1. The molecular weight excluding hydrogens is 326 g/mol. The van der Waals surface area contributed by atoms with Crippen molar-refractivity contribution in [1.82, 2.24) is 15.1 Å². The zero-order chi connectivity index (χ0) is 18.5. The summed E-state index contributed by atoms with van der Waals surface area (Å²) in [5, 5.41) is 17.4. The lowest BCUT2D eigenvalue weighted by Crippen LogP contribution is -2.37. The number of rotatable bonds is 8. The van der Waals surface area contributed by atoms with Gasteiger partial charge in [0.2, 0.25) is 0 Å². The Balaban J connectivity index is 1.82. The summed E-state index contributed by atoms with van der Waals surface area (Å²) in [5.74, 6) is 0.529. The monoisotopic (exact) mass is 350 g/mol. The second kappa shape index (κ2) is 8.49. The standard InChI is InChI=1S/C21H24N3O2/c1-15(2)12-19(21(25)26)22-13-17-14-24(18-10-4-3-5-11-18)23-20(17)16-8-6-7-9-16/h3-11,14-15,19,22H,12-13H2,1-2H3,(H,25,26)/t19-/m0/s1. The van der Waals surface area contributed by atoms with Gasteiger partial charge in [-0.2, -0.15) is 5.10 Å². The Kier molecular flexibility index (Phi) is 6.09. The molecule has 1 aliphatic rings. The summed E-state index contributed by atoms with van der Waals surface area (Å²) in [6.07, 6.45) is 10.6. The van der Waals surface area contributed by atoms with Gasteiger partial charge < -0.3 is 10.4 Å². The molecule has 1 heterocycles. The summed E-state index contributed by atoms with van der Waals surface area (Å²) in [6.45, 7) is 4.51. The summed E-state index contributed by atoms with van der Waals surface area (Å²) in [5.41, 5.74) is 2.83. The minimum Gasteiger partial charge on any atom is -0.480 e. The Morgan fingerprint density at radius 3 is 2.50 bits per heavy atom. The molecule has 5 heteroatoms. The highest BCUT2D eigenvalue weighted by Crippen LogP contribution is 2.31. The Labute approximate surface area is 155 Å². The predicted octanol–water partition coefficient (Wildman–Crippen LogP) is 3.21. The van der Waals surface area contributed by atoms with Crippen molar-refractivity contribution in [1.29, 1.82) is 0 Å². The molecule has 2 N–H and O–H groups in total. The molecule has 0 saturated heterocycles. The van der Waals surface area contributed by atoms with Crippen LogP contribution < -0.4 is 5.32 Å². The minimum absolute atomic E-state index is 0.310. The quantitative estimate of drug-likeness (QED) is 0.767. The Bertz CT molecular complexity index is 718. The van der Waals surface area contributed by atoms with Gasteiger partial charge in [0, 0.05) is 24.2 Å². The fourth-order valence-electron chi connectivity index (χ4n) is 3.00. The molecule has 3 rings (SSSR count). The summed E-state index contributed by atoms with van der Waals surface area (Å²) in [4.78, 5) is 11.5. The van der Waals surface area contributed by atoms with Crippen LogP contribution in [0, 0.1) is 37.5 Å². The molecule has 2 aromatic rings. The van der Waals surface area contributed by atoms with Crippen molar-refractivity contribution < 1.29 is 9.90 Å². The van der Waals surface area contributed by atoms with Crippen molar-refractivity contribution in [3.8, 4) is 5.69 Å². The second-order valence-corrected chi connectivity index (χ2v) is 6.86. The average Bonchev–Trinajstić information content (AvgIpc) is 3.28. The van der Waals surface area contributed by atoms with E-state index in [1.54, 1.807) is 0 Å². The smallest absolute Gasteiger partial charge is 0.320 e. The maximum absolute atomic E-state index is 11.5. The molecule has 1 aliphatic carbocycles. The SMILES string of the molecule is CC(C)C[C@H](NCc1cn(-c2ccccc2)nc1[C]1[CH][CH][CH][CH]1)C(=O)O. The van der Waals surface area contributed by atoms with Gasteiger partial charge in [0.25, 0.3) is 0 Å². The molecule has 5 radical (unpaired) electrons. The molecule has 0 spiro atoms. The first-order valence-electron chi connectivity index (χ1n) is 8.87. The molecule has 0 aliphatic heterocycles. The molecule has 0 amide bonds. The van der Waals surface area contributed by atoms with Crippen LogP contribution in [-0.2, 0) is 11.3 Å². The Hall–Kier alpha value is -2.14. The fourth-order valence-corrected chi connectivity index (χ4v) is 3.00. The van der Waals surface area contributed by atoms with Gasteiger partial charge in [-0.1, -0.05) is 32.0 Å². The number of nitrogens with zero attached hydrogens (tertiary/aromatic N) is 2. The van der Waals surface area contributed by atoms with Crippen LogP contribution in [-0.4, -0.2) is 26.9 Å². The number of hydrogen-bond donors (Lipinski definition) is 2. The fraction of sp³-hybridized carbons (Fsp3) is 0.286. The molecule has 1 aromatic heterocycles. The normalized spacial score (nSPS) is 16.3. The van der Waals surface area contributed by atoms with E-state index in [1.807, 2.05) is 80.7 Å². The number of benzene rings is 1. The van der Waals surface area contributed by atoms with E-state index in [9.17, 15) is 9.90 Å². The van der Waals surface area contributed by atoms with Gasteiger partial charge in [-0.25, -0.2) is 4.68 Å². The van der Waals surface area contributed by atoms with Gasteiger partial charge in [0.15, 0.2) is 0 Å². The Morgan fingerprint density at radius 2 is 1.88 bits per heavy atom. The topological polar surface area (TPSA) is 67.2 Å². The molecule has 135 valence electrons. The van der Waals surface area contributed by atoms with Gasteiger partial charge in [-0.15, -0.1) is 0 Å². The first kappa shape index (κ1) is 18.6. The first-order chi connectivity index (χ1) is 12.5. The molecule has 5 nitrogen and oxygen atoms in total. The highest BCUT2D eigenvalue weighted by molar-refractivity contribution is 5.73. The number of carboxylic acid groups (broad SMARTS) is 1. The van der Waals surface area contributed by atoms with Crippen LogP contribution in [0.1, 0.15) is 31.5 Å². The molecule has 0 unspecified atom stereocenters. The largest absolute Gasteiger partial charge is 0.480 e. The van der Waals surface area contributed by atoms with E-state index in [0.717, 1.165) is 22.9 Å². The molecule has 1 aromatic carbocycles. The van der Waals surface area contributed by atoms with Crippen LogP contribution in [0.3, 0.4) is 0 Å². The van der Waals surface area contributed by atoms with E-state index < -0.39 is 12.0 Å². The zero-order valence-corrected chi connectivity index (χ0v) is 15.1. The molecule has 1 saturated carbocycles. The number of hydrogen-bond acceptors (Lipinski definition) is 3. The van der Waals surface area contributed by atoms with E-state index in [4.69, 9.17) is 5.10 Å². The molecular formula is C21H24N3O2. The third-order valence-corrected chi connectivity index (χ3v) is 4.29. The van der Waals surface area contributed by atoms with Crippen molar-refractivity contribution in [2.75, 3.05) is 0 Å². The van der Waals surface area contributed by atoms with Crippen molar-refractivity contribution in [2.45, 2.75) is 32.9 Å². The van der Waals surface area contributed by atoms with E-state index in [1.165, 1.54) is 0 Å². The van der Waals surface area contributed by atoms with Crippen LogP contribution >= 0.6 is 0 Å². The van der Waals surface area contributed by atoms with Crippen molar-refractivity contribution in [3.63, 3.8) is 0 Å². The van der Waals surface area contributed by atoms with Crippen LogP contribution in [0.4, 0.5) is 0 Å². The predicted molar refractivity (Wildman–Crippen MR) is 101 cm³/mol. The van der Waals surface area contributed by atoms with E-state index in [0.29, 0.717) is 18.9 Å². The average molecular weight is 350 g/mol. The van der Waals surface area contributed by atoms with Crippen LogP contribution in [0.25, 0.3) is 5.69 Å². The van der Waals surface area contributed by atoms with Crippen molar-refractivity contribution >= 4 is 5.97 Å². The number of para-hydroxylation sites is 1. The highest BCUT2D eigenvalue weighted by atomic mass is 16.4. The summed E-state index contributed by atoms with van der Waals surface area (Å²) in [7, 11) is 0. The lowest BCUT2D eigenvalue weighted by molar-refractivity contribution is -0.140. The number of aliphatic carboxylic acids is 1. The molecule has 0 bridgehead atoms. The molecule has 1 fully saturated rings. The zero-order valence-electron chi connectivity index (χ0n) is 15.1. The van der Waals surface area contributed by atoms with Crippen molar-refractivity contribution in [3.05, 3.63) is 79.4 Å². The lowest BCUT2D eigenvalue weighted by Gasteiger charge is -2.17. The number of nitrogens with one attached hydrogen (secondary N) is 1. The molecule has 26 heavy (non-hydrogen) atoms. The Morgan fingerprint density at radius 1 is 1.19 bits per heavy atom. The lowest BCUT2D eigenvalue weighted by atomic mass is 9.99. The number of aromatic nitrogens is 2. The van der Waals surface area contributed by atoms with Gasteiger partial charge >= 0.3 is 5.97 Å². The van der Waals surface area contributed by atoms with Crippen LogP contribution in [0.2, 0.25) is 0 Å². The van der Waals surface area contributed by atoms with Crippen LogP contribution in [0.15, 0.2) is 36.5 Å². The van der Waals surface area contributed by atoms with Gasteiger partial charge in [0.05, 0.1) is 11.4 Å². The number of carboxylic acids is 1. The first-order valence-corrected chi connectivity index (χ1v) is 8.87. The van der Waals surface area contributed by atoms with Crippen LogP contribution in [0.5, 0.6) is 0 Å². The summed E-state index contributed by atoms with van der Waals surface area (Å²) >= 11 is 0. The highest BCUT2D eigenvalue weighted by Gasteiger charge is 2.26.